The lowest BCUT2D eigenvalue weighted by molar-refractivity contribution is -0.138. The summed E-state index contributed by atoms with van der Waals surface area (Å²) in [6, 6.07) is 7.58. The van der Waals surface area contributed by atoms with Gasteiger partial charge in [0.2, 0.25) is 0 Å². The smallest absolute Gasteiger partial charge is 0.320 e. The van der Waals surface area contributed by atoms with E-state index in [1.807, 2.05) is 23.7 Å². The number of halogens is 3. The van der Waals surface area contributed by atoms with E-state index in [2.05, 4.69) is 22.2 Å². The van der Waals surface area contributed by atoms with Gasteiger partial charge in [-0.05, 0) is 48.9 Å². The van der Waals surface area contributed by atoms with Crippen molar-refractivity contribution >= 4 is 0 Å². The Labute approximate surface area is 206 Å². The molecule has 0 saturated heterocycles. The van der Waals surface area contributed by atoms with Crippen LogP contribution in [0.3, 0.4) is 0 Å². The molecule has 1 aliphatic rings. The van der Waals surface area contributed by atoms with Gasteiger partial charge in [0.15, 0.2) is 0 Å². The summed E-state index contributed by atoms with van der Waals surface area (Å²) in [4.78, 5) is 13.6. The van der Waals surface area contributed by atoms with Gasteiger partial charge in [0.05, 0.1) is 23.2 Å². The summed E-state index contributed by atoms with van der Waals surface area (Å²) in [6.45, 7) is 3.85. The Morgan fingerprint density at radius 3 is 2.47 bits per heavy atom. The van der Waals surface area contributed by atoms with Crippen molar-refractivity contribution in [3.05, 3.63) is 88.1 Å². The van der Waals surface area contributed by atoms with Gasteiger partial charge in [0.25, 0.3) is 5.56 Å². The molecule has 1 aliphatic carbocycles. The van der Waals surface area contributed by atoms with Crippen LogP contribution in [0.5, 0.6) is 0 Å². The molecule has 0 bridgehead atoms. The standard InChI is InChI=1S/C26H27F3N6O/c1-16-10-25(11-16,24-32-30-15-33(24)3)20-7-5-6-18(8-20)22-9-21(26(27,28)29)14-35(23(22)36)17(2)19-12-31-34(4)13-19/h5-9,12-17H,10-11H2,1-4H3/t16?,17-,25?/m0/s1. The highest BCUT2D eigenvalue weighted by Gasteiger charge is 2.48. The van der Waals surface area contributed by atoms with E-state index >= 15 is 0 Å². The first-order chi connectivity index (χ1) is 17.0. The first kappa shape index (κ1) is 24.0. The van der Waals surface area contributed by atoms with E-state index in [1.165, 1.54) is 0 Å². The normalized spacial score (nSPS) is 20.8. The third-order valence-electron chi connectivity index (χ3n) is 7.25. The topological polar surface area (TPSA) is 70.5 Å². The molecule has 5 rings (SSSR count). The molecule has 3 heterocycles. The lowest BCUT2D eigenvalue weighted by Gasteiger charge is -2.46. The van der Waals surface area contributed by atoms with E-state index in [4.69, 9.17) is 0 Å². The van der Waals surface area contributed by atoms with E-state index in [-0.39, 0.29) is 5.56 Å². The van der Waals surface area contributed by atoms with E-state index in [0.717, 1.165) is 41.1 Å². The SMILES string of the molecule is CC1CC(c2cccc(-c3cc(C(F)(F)F)cn([C@@H](C)c4cnn(C)c4)c3=O)c2)(c2nncn2C)C1. The maximum absolute atomic E-state index is 13.9. The highest BCUT2D eigenvalue weighted by molar-refractivity contribution is 5.65. The van der Waals surface area contributed by atoms with Crippen LogP contribution in [0.1, 0.15) is 55.2 Å². The number of alkyl halides is 3. The molecule has 4 aromatic rings. The molecule has 0 radical (unpaired) electrons. The molecule has 3 aromatic heterocycles. The second-order valence-corrected chi connectivity index (χ2v) is 9.92. The number of pyridine rings is 1. The molecule has 1 atom stereocenters. The minimum atomic E-state index is -4.61. The first-order valence-corrected chi connectivity index (χ1v) is 11.8. The van der Waals surface area contributed by atoms with Gasteiger partial charge >= 0.3 is 6.18 Å². The van der Waals surface area contributed by atoms with Crippen molar-refractivity contribution in [2.75, 3.05) is 0 Å². The number of aromatic nitrogens is 6. The van der Waals surface area contributed by atoms with Crippen LogP contribution in [-0.2, 0) is 25.7 Å². The number of nitrogens with zero attached hydrogens (tertiary/aromatic N) is 6. The highest BCUT2D eigenvalue weighted by atomic mass is 19.4. The molecule has 0 amide bonds. The Kier molecular flexibility index (Phi) is 5.65. The van der Waals surface area contributed by atoms with Gasteiger partial charge in [-0.2, -0.15) is 18.3 Å². The van der Waals surface area contributed by atoms with E-state index < -0.39 is 28.8 Å². The highest BCUT2D eigenvalue weighted by Crippen LogP contribution is 2.51. The molecule has 188 valence electrons. The molecule has 1 aromatic carbocycles. The van der Waals surface area contributed by atoms with Gasteiger partial charge in [-0.1, -0.05) is 25.1 Å². The summed E-state index contributed by atoms with van der Waals surface area (Å²) in [5, 5.41) is 12.5. The van der Waals surface area contributed by atoms with Crippen LogP contribution >= 0.6 is 0 Å². The number of hydrogen-bond donors (Lipinski definition) is 0. The van der Waals surface area contributed by atoms with E-state index in [1.54, 1.807) is 49.5 Å². The van der Waals surface area contributed by atoms with Crippen molar-refractivity contribution < 1.29 is 13.2 Å². The van der Waals surface area contributed by atoms with Gasteiger partial charge in [-0.3, -0.25) is 9.48 Å². The van der Waals surface area contributed by atoms with Crippen LogP contribution in [-0.4, -0.2) is 29.1 Å². The largest absolute Gasteiger partial charge is 0.417 e. The molecule has 1 fully saturated rings. The monoisotopic (exact) mass is 496 g/mol. The molecule has 0 spiro atoms. The van der Waals surface area contributed by atoms with Crippen molar-refractivity contribution in [3.63, 3.8) is 0 Å². The quantitative estimate of drug-likeness (QED) is 0.401. The number of hydrogen-bond acceptors (Lipinski definition) is 4. The summed E-state index contributed by atoms with van der Waals surface area (Å²) in [6.07, 6.45) is 2.86. The van der Waals surface area contributed by atoms with Crippen LogP contribution in [0.4, 0.5) is 13.2 Å². The molecule has 36 heavy (non-hydrogen) atoms. The zero-order chi connectivity index (χ0) is 25.8. The van der Waals surface area contributed by atoms with Crippen molar-refractivity contribution in [2.45, 2.75) is 44.3 Å². The van der Waals surface area contributed by atoms with Gasteiger partial charge in [0, 0.05) is 37.6 Å². The van der Waals surface area contributed by atoms with Crippen molar-refractivity contribution in [1.29, 1.82) is 0 Å². The maximum atomic E-state index is 13.9. The molecular formula is C26H27F3N6O. The second kappa shape index (κ2) is 8.46. The minimum Gasteiger partial charge on any atom is -0.320 e. The average molecular weight is 497 g/mol. The number of benzene rings is 1. The Hall–Kier alpha value is -3.69. The fourth-order valence-corrected chi connectivity index (χ4v) is 5.45. The van der Waals surface area contributed by atoms with Crippen LogP contribution in [0.15, 0.2) is 60.0 Å². The van der Waals surface area contributed by atoms with Crippen LogP contribution in [0, 0.1) is 5.92 Å². The fourth-order valence-electron chi connectivity index (χ4n) is 5.45. The third kappa shape index (κ3) is 3.94. The Balaban J connectivity index is 1.66. The van der Waals surface area contributed by atoms with Gasteiger partial charge in [-0.15, -0.1) is 10.2 Å². The van der Waals surface area contributed by atoms with E-state index in [9.17, 15) is 18.0 Å². The second-order valence-electron chi connectivity index (χ2n) is 9.92. The lowest BCUT2D eigenvalue weighted by Crippen LogP contribution is -2.43. The van der Waals surface area contributed by atoms with Crippen molar-refractivity contribution in [1.82, 2.24) is 29.1 Å². The van der Waals surface area contributed by atoms with Crippen molar-refractivity contribution in [3.8, 4) is 11.1 Å². The molecule has 1 saturated carbocycles. The Bertz CT molecular complexity index is 1480. The fraction of sp³-hybridized carbons (Fsp3) is 0.385. The average Bonchev–Trinajstić information content (AvgIpc) is 3.44. The summed E-state index contributed by atoms with van der Waals surface area (Å²) < 4.78 is 46.3. The summed E-state index contributed by atoms with van der Waals surface area (Å²) in [5.41, 5.74) is 0.232. The lowest BCUT2D eigenvalue weighted by atomic mass is 9.58. The summed E-state index contributed by atoms with van der Waals surface area (Å²) in [5.74, 6) is 1.28. The van der Waals surface area contributed by atoms with Crippen LogP contribution in [0.2, 0.25) is 0 Å². The number of aryl methyl sites for hydroxylation is 2. The predicted molar refractivity (Wildman–Crippen MR) is 128 cm³/mol. The van der Waals surface area contributed by atoms with Gasteiger partial charge < -0.3 is 9.13 Å². The maximum Gasteiger partial charge on any atom is 0.417 e. The molecule has 7 nitrogen and oxygen atoms in total. The summed E-state index contributed by atoms with van der Waals surface area (Å²) >= 11 is 0. The predicted octanol–water partition coefficient (Wildman–Crippen LogP) is 4.72. The van der Waals surface area contributed by atoms with E-state index in [0.29, 0.717) is 17.0 Å². The Morgan fingerprint density at radius 1 is 1.14 bits per heavy atom. The third-order valence-corrected chi connectivity index (χ3v) is 7.25. The number of rotatable bonds is 5. The zero-order valence-electron chi connectivity index (χ0n) is 20.5. The Morgan fingerprint density at radius 2 is 1.89 bits per heavy atom. The molecule has 0 unspecified atom stereocenters. The summed E-state index contributed by atoms with van der Waals surface area (Å²) in [7, 11) is 3.60. The van der Waals surface area contributed by atoms with Gasteiger partial charge in [0.1, 0.15) is 12.2 Å². The zero-order valence-corrected chi connectivity index (χ0v) is 20.5. The minimum absolute atomic E-state index is 0.00269. The molecule has 0 N–H and O–H groups in total. The van der Waals surface area contributed by atoms with Gasteiger partial charge in [-0.25, -0.2) is 0 Å². The van der Waals surface area contributed by atoms with Crippen LogP contribution in [0.25, 0.3) is 11.1 Å². The van der Waals surface area contributed by atoms with Crippen LogP contribution < -0.4 is 5.56 Å². The van der Waals surface area contributed by atoms with Crippen molar-refractivity contribution in [2.24, 2.45) is 20.0 Å². The molecular weight excluding hydrogens is 469 g/mol. The first-order valence-electron chi connectivity index (χ1n) is 11.8. The molecule has 0 aliphatic heterocycles. The molecule has 10 heteroatoms.